The van der Waals surface area contributed by atoms with Gasteiger partial charge in [0.25, 0.3) is 0 Å². The summed E-state index contributed by atoms with van der Waals surface area (Å²) < 4.78 is 10.7. The minimum Gasteiger partial charge on any atom is -0.459 e. The molecule has 4 saturated carbocycles. The van der Waals surface area contributed by atoms with Crippen molar-refractivity contribution >= 4 is 11.9 Å². The maximum absolute atomic E-state index is 12.0. The van der Waals surface area contributed by atoms with Crippen LogP contribution in [0.25, 0.3) is 0 Å². The zero-order valence-electron chi connectivity index (χ0n) is 13.0. The highest BCUT2D eigenvalue weighted by atomic mass is 16.6. The monoisotopic (exact) mass is 294 g/mol. The molecule has 0 heterocycles. The predicted octanol–water partition coefficient (Wildman–Crippen LogP) is 2.94. The zero-order chi connectivity index (χ0) is 15.0. The molecule has 1 unspecified atom stereocenters. The standard InChI is InChI=1S/C17H26O4/c1-3-10(2)17(19)20-9-15(18)21-16-13-5-11-4-12(7-13)8-14(16)6-11/h10-14,16H,3-9H2,1-2H3. The summed E-state index contributed by atoms with van der Waals surface area (Å²) in [5.74, 6) is 2.00. The van der Waals surface area contributed by atoms with Gasteiger partial charge in [-0.25, -0.2) is 4.79 Å². The second-order valence-corrected chi connectivity index (χ2v) is 7.30. The first-order chi connectivity index (χ1) is 10.1. The first-order valence-corrected chi connectivity index (χ1v) is 8.42. The minimum atomic E-state index is -0.371. The molecule has 4 fully saturated rings. The lowest BCUT2D eigenvalue weighted by Crippen LogP contribution is -2.50. The summed E-state index contributed by atoms with van der Waals surface area (Å²) in [6, 6.07) is 0. The van der Waals surface area contributed by atoms with Gasteiger partial charge >= 0.3 is 11.9 Å². The number of esters is 2. The smallest absolute Gasteiger partial charge is 0.344 e. The van der Waals surface area contributed by atoms with Gasteiger partial charge in [0.2, 0.25) is 0 Å². The molecule has 0 aromatic carbocycles. The van der Waals surface area contributed by atoms with Crippen LogP contribution >= 0.6 is 0 Å². The van der Waals surface area contributed by atoms with Gasteiger partial charge in [0.05, 0.1) is 5.92 Å². The maximum Gasteiger partial charge on any atom is 0.344 e. The number of rotatable bonds is 5. The van der Waals surface area contributed by atoms with Crippen LogP contribution in [-0.4, -0.2) is 24.6 Å². The second-order valence-electron chi connectivity index (χ2n) is 7.30. The van der Waals surface area contributed by atoms with Crippen molar-refractivity contribution in [3.63, 3.8) is 0 Å². The van der Waals surface area contributed by atoms with Crippen LogP contribution in [0.15, 0.2) is 0 Å². The lowest BCUT2D eigenvalue weighted by Gasteiger charge is -2.53. The van der Waals surface area contributed by atoms with Crippen molar-refractivity contribution in [2.24, 2.45) is 29.6 Å². The van der Waals surface area contributed by atoms with E-state index in [9.17, 15) is 9.59 Å². The third kappa shape index (κ3) is 3.09. The first kappa shape index (κ1) is 14.9. The van der Waals surface area contributed by atoms with Gasteiger partial charge in [-0.15, -0.1) is 0 Å². The first-order valence-electron chi connectivity index (χ1n) is 8.42. The normalized spacial score (nSPS) is 38.1. The fourth-order valence-electron chi connectivity index (χ4n) is 4.69. The van der Waals surface area contributed by atoms with Crippen LogP contribution in [0.4, 0.5) is 0 Å². The van der Waals surface area contributed by atoms with E-state index in [-0.39, 0.29) is 30.6 Å². The molecule has 4 bridgehead atoms. The third-order valence-corrected chi connectivity index (χ3v) is 5.75. The molecule has 118 valence electrons. The van der Waals surface area contributed by atoms with Crippen molar-refractivity contribution in [2.75, 3.05) is 6.61 Å². The molecular formula is C17H26O4. The van der Waals surface area contributed by atoms with E-state index in [0.29, 0.717) is 11.8 Å². The Balaban J connectivity index is 1.48. The van der Waals surface area contributed by atoms with Crippen molar-refractivity contribution in [2.45, 2.75) is 58.5 Å². The topological polar surface area (TPSA) is 52.6 Å². The molecule has 0 saturated heterocycles. The van der Waals surface area contributed by atoms with Crippen LogP contribution in [0.1, 0.15) is 52.4 Å². The molecule has 0 aromatic rings. The molecule has 0 amide bonds. The zero-order valence-corrected chi connectivity index (χ0v) is 13.0. The highest BCUT2D eigenvalue weighted by molar-refractivity contribution is 5.77. The Labute approximate surface area is 126 Å². The Kier molecular flexibility index (Phi) is 4.23. The Hall–Kier alpha value is -1.06. The van der Waals surface area contributed by atoms with E-state index in [0.717, 1.165) is 18.3 Å². The number of carbonyl (C=O) groups is 2. The molecule has 4 nitrogen and oxygen atoms in total. The maximum atomic E-state index is 12.0. The molecule has 0 aromatic heterocycles. The molecule has 4 heteroatoms. The van der Waals surface area contributed by atoms with Crippen molar-refractivity contribution in [3.8, 4) is 0 Å². The van der Waals surface area contributed by atoms with Crippen LogP contribution in [0.3, 0.4) is 0 Å². The van der Waals surface area contributed by atoms with E-state index >= 15 is 0 Å². The SMILES string of the molecule is CCC(C)C(=O)OCC(=O)OC1C2CC3CC(C2)CC1C3. The minimum absolute atomic E-state index is 0.0765. The molecule has 0 spiro atoms. The van der Waals surface area contributed by atoms with Crippen molar-refractivity contribution in [1.82, 2.24) is 0 Å². The van der Waals surface area contributed by atoms with E-state index in [4.69, 9.17) is 9.47 Å². The van der Waals surface area contributed by atoms with Gasteiger partial charge in [-0.3, -0.25) is 4.79 Å². The van der Waals surface area contributed by atoms with Crippen molar-refractivity contribution < 1.29 is 19.1 Å². The van der Waals surface area contributed by atoms with Crippen LogP contribution in [0.2, 0.25) is 0 Å². The van der Waals surface area contributed by atoms with Crippen LogP contribution in [-0.2, 0) is 19.1 Å². The molecule has 1 atom stereocenters. The molecule has 4 aliphatic rings. The number of hydrogen-bond acceptors (Lipinski definition) is 4. The van der Waals surface area contributed by atoms with E-state index in [1.165, 1.54) is 32.1 Å². The molecule has 21 heavy (non-hydrogen) atoms. The van der Waals surface area contributed by atoms with E-state index in [1.807, 2.05) is 13.8 Å². The van der Waals surface area contributed by atoms with Gasteiger partial charge in [-0.05, 0) is 62.2 Å². The van der Waals surface area contributed by atoms with Crippen LogP contribution in [0.5, 0.6) is 0 Å². The largest absolute Gasteiger partial charge is 0.459 e. The summed E-state index contributed by atoms with van der Waals surface area (Å²) in [5, 5.41) is 0. The quantitative estimate of drug-likeness (QED) is 0.732. The van der Waals surface area contributed by atoms with Crippen LogP contribution in [0, 0.1) is 29.6 Å². The summed E-state index contributed by atoms with van der Waals surface area (Å²) in [4.78, 5) is 23.5. The van der Waals surface area contributed by atoms with Gasteiger partial charge in [-0.2, -0.15) is 0 Å². The van der Waals surface area contributed by atoms with E-state index < -0.39 is 0 Å². The lowest BCUT2D eigenvalue weighted by molar-refractivity contribution is -0.179. The Morgan fingerprint density at radius 1 is 1.05 bits per heavy atom. The Morgan fingerprint density at radius 3 is 2.14 bits per heavy atom. The fraction of sp³-hybridized carbons (Fsp3) is 0.882. The molecule has 0 N–H and O–H groups in total. The van der Waals surface area contributed by atoms with Crippen LogP contribution < -0.4 is 0 Å². The average Bonchev–Trinajstić information content (AvgIpc) is 2.46. The summed E-state index contributed by atoms with van der Waals surface area (Å²) >= 11 is 0. The highest BCUT2D eigenvalue weighted by Gasteiger charge is 2.49. The Bertz CT molecular complexity index is 389. The van der Waals surface area contributed by atoms with Gasteiger partial charge in [0, 0.05) is 0 Å². The molecule has 0 aliphatic heterocycles. The molecule has 0 radical (unpaired) electrons. The van der Waals surface area contributed by atoms with Crippen molar-refractivity contribution in [3.05, 3.63) is 0 Å². The number of carbonyl (C=O) groups excluding carboxylic acids is 2. The average molecular weight is 294 g/mol. The van der Waals surface area contributed by atoms with Gasteiger partial charge in [0.1, 0.15) is 6.10 Å². The molecular weight excluding hydrogens is 268 g/mol. The highest BCUT2D eigenvalue weighted by Crippen LogP contribution is 2.54. The number of hydrogen-bond donors (Lipinski definition) is 0. The fourth-order valence-corrected chi connectivity index (χ4v) is 4.69. The lowest BCUT2D eigenvalue weighted by atomic mass is 9.55. The molecule has 4 aliphatic carbocycles. The van der Waals surface area contributed by atoms with Gasteiger partial charge < -0.3 is 9.47 Å². The van der Waals surface area contributed by atoms with E-state index in [1.54, 1.807) is 0 Å². The Morgan fingerprint density at radius 2 is 1.62 bits per heavy atom. The predicted molar refractivity (Wildman–Crippen MR) is 77.3 cm³/mol. The number of ether oxygens (including phenoxy) is 2. The summed E-state index contributed by atoms with van der Waals surface area (Å²) in [6.45, 7) is 3.51. The summed E-state index contributed by atoms with van der Waals surface area (Å²) in [7, 11) is 0. The summed E-state index contributed by atoms with van der Waals surface area (Å²) in [6.07, 6.45) is 7.07. The van der Waals surface area contributed by atoms with Crippen molar-refractivity contribution in [1.29, 1.82) is 0 Å². The third-order valence-electron chi connectivity index (χ3n) is 5.75. The summed E-state index contributed by atoms with van der Waals surface area (Å²) in [5.41, 5.74) is 0. The van der Waals surface area contributed by atoms with Gasteiger partial charge in [-0.1, -0.05) is 13.8 Å². The molecule has 4 rings (SSSR count). The van der Waals surface area contributed by atoms with Gasteiger partial charge in [0.15, 0.2) is 6.61 Å². The second kappa shape index (κ2) is 5.98. The van der Waals surface area contributed by atoms with E-state index in [2.05, 4.69) is 0 Å².